The van der Waals surface area contributed by atoms with E-state index in [0.717, 1.165) is 71.7 Å². The molecule has 12 rings (SSSR count). The minimum Gasteiger partial charge on any atom is -0.454 e. The van der Waals surface area contributed by atoms with Gasteiger partial charge in [0.05, 0.1) is 16.6 Å². The highest BCUT2D eigenvalue weighted by Crippen LogP contribution is 2.45. The summed E-state index contributed by atoms with van der Waals surface area (Å²) in [5.41, 5.74) is 11.0. The molecule has 0 spiro atoms. The molecular weight excluding hydrogens is 699 g/mol. The molecule has 6 heteroatoms. The average Bonchev–Trinajstić information content (AvgIpc) is 3.95. The topological polar surface area (TPSA) is 61.7 Å². The van der Waals surface area contributed by atoms with Crippen LogP contribution in [0, 0.1) is 0 Å². The number of nitrogens with zero attached hydrogens (tertiary/aromatic N) is 5. The SMILES string of the molecule is c1ccc(-c2nc(-c3ccccc3)nc(-n3c4ccccc4c4c(-c5ccc(-n6c7ccccc7c7ccccc76)cc5)cc5c6ccccc6oc5c43)n2)cc1. The molecule has 0 N–H and O–H groups in total. The van der Waals surface area contributed by atoms with Gasteiger partial charge in [-0.1, -0.05) is 146 Å². The molecule has 0 aliphatic rings. The molecule has 57 heavy (non-hydrogen) atoms. The quantitative estimate of drug-likeness (QED) is 0.177. The van der Waals surface area contributed by atoms with Gasteiger partial charge >= 0.3 is 0 Å². The first-order chi connectivity index (χ1) is 28.3. The average molecular weight is 730 g/mol. The van der Waals surface area contributed by atoms with E-state index in [2.05, 4.69) is 124 Å². The van der Waals surface area contributed by atoms with Crippen LogP contribution in [0.25, 0.3) is 111 Å². The zero-order valence-electron chi connectivity index (χ0n) is 30.5. The summed E-state index contributed by atoms with van der Waals surface area (Å²) in [4.78, 5) is 15.5. The Labute approximate surface area is 326 Å². The van der Waals surface area contributed by atoms with E-state index in [1.54, 1.807) is 0 Å². The van der Waals surface area contributed by atoms with Gasteiger partial charge in [0.2, 0.25) is 5.95 Å². The number of fused-ring (bicyclic) bond motifs is 10. The van der Waals surface area contributed by atoms with Crippen molar-refractivity contribution in [2.24, 2.45) is 0 Å². The van der Waals surface area contributed by atoms with Crippen molar-refractivity contribution in [2.75, 3.05) is 0 Å². The number of aromatic nitrogens is 5. The lowest BCUT2D eigenvalue weighted by atomic mass is 9.96. The summed E-state index contributed by atoms with van der Waals surface area (Å²) in [5.74, 6) is 1.72. The Morgan fingerprint density at radius 3 is 1.51 bits per heavy atom. The van der Waals surface area contributed by atoms with Crippen molar-refractivity contribution in [3.8, 4) is 45.5 Å². The Bertz CT molecular complexity index is 3400. The molecule has 0 atom stereocenters. The van der Waals surface area contributed by atoms with Crippen LogP contribution in [-0.4, -0.2) is 24.1 Å². The molecule has 266 valence electrons. The van der Waals surface area contributed by atoms with Crippen LogP contribution in [0.3, 0.4) is 0 Å². The molecule has 12 aromatic rings. The van der Waals surface area contributed by atoms with Crippen molar-refractivity contribution in [2.45, 2.75) is 0 Å². The second-order valence-electron chi connectivity index (χ2n) is 14.4. The largest absolute Gasteiger partial charge is 0.454 e. The van der Waals surface area contributed by atoms with Gasteiger partial charge in [0.25, 0.3) is 0 Å². The molecular formula is C51H31N5O. The number of rotatable bonds is 5. The highest BCUT2D eigenvalue weighted by molar-refractivity contribution is 6.26. The smallest absolute Gasteiger partial charge is 0.238 e. The number of hydrogen-bond acceptors (Lipinski definition) is 4. The van der Waals surface area contributed by atoms with E-state index in [1.807, 2.05) is 72.8 Å². The third-order valence-corrected chi connectivity index (χ3v) is 11.2. The van der Waals surface area contributed by atoms with E-state index in [0.29, 0.717) is 17.6 Å². The molecule has 0 unspecified atom stereocenters. The predicted octanol–water partition coefficient (Wildman–Crippen LogP) is 13.0. The summed E-state index contributed by atoms with van der Waals surface area (Å²) >= 11 is 0. The van der Waals surface area contributed by atoms with Crippen molar-refractivity contribution in [1.82, 2.24) is 24.1 Å². The maximum atomic E-state index is 6.83. The first-order valence-electron chi connectivity index (χ1n) is 19.1. The van der Waals surface area contributed by atoms with Crippen molar-refractivity contribution in [1.29, 1.82) is 0 Å². The Balaban J connectivity index is 1.16. The molecule has 0 saturated carbocycles. The van der Waals surface area contributed by atoms with E-state index < -0.39 is 0 Å². The third kappa shape index (κ3) is 4.81. The summed E-state index contributed by atoms with van der Waals surface area (Å²) in [6.07, 6.45) is 0. The van der Waals surface area contributed by atoms with E-state index >= 15 is 0 Å². The van der Waals surface area contributed by atoms with Gasteiger partial charge in [0.15, 0.2) is 17.2 Å². The van der Waals surface area contributed by atoms with Gasteiger partial charge in [-0.15, -0.1) is 0 Å². The normalized spacial score (nSPS) is 11.9. The van der Waals surface area contributed by atoms with Crippen molar-refractivity contribution in [3.05, 3.63) is 188 Å². The minimum atomic E-state index is 0.523. The molecule has 0 bridgehead atoms. The van der Waals surface area contributed by atoms with E-state index in [4.69, 9.17) is 19.4 Å². The Morgan fingerprint density at radius 1 is 0.386 bits per heavy atom. The van der Waals surface area contributed by atoms with Gasteiger partial charge in [-0.3, -0.25) is 4.57 Å². The maximum absolute atomic E-state index is 6.83. The summed E-state index contributed by atoms with van der Waals surface area (Å²) in [5, 5.41) is 6.73. The fourth-order valence-corrected chi connectivity index (χ4v) is 8.65. The van der Waals surface area contributed by atoms with Crippen LogP contribution in [0.15, 0.2) is 192 Å². The van der Waals surface area contributed by atoms with Crippen LogP contribution < -0.4 is 0 Å². The van der Waals surface area contributed by atoms with Crippen molar-refractivity contribution >= 4 is 65.6 Å². The molecule has 0 aliphatic heterocycles. The Kier molecular flexibility index (Phi) is 6.83. The fourth-order valence-electron chi connectivity index (χ4n) is 8.65. The Morgan fingerprint density at radius 2 is 0.895 bits per heavy atom. The van der Waals surface area contributed by atoms with E-state index in [1.165, 1.54) is 21.8 Å². The highest BCUT2D eigenvalue weighted by Gasteiger charge is 2.25. The van der Waals surface area contributed by atoms with Crippen LogP contribution >= 0.6 is 0 Å². The second kappa shape index (κ2) is 12.3. The van der Waals surface area contributed by atoms with Crippen molar-refractivity contribution in [3.63, 3.8) is 0 Å². The van der Waals surface area contributed by atoms with Gasteiger partial charge in [0, 0.05) is 49.1 Å². The maximum Gasteiger partial charge on any atom is 0.238 e. The van der Waals surface area contributed by atoms with Gasteiger partial charge in [-0.25, -0.2) is 4.98 Å². The monoisotopic (exact) mass is 729 g/mol. The summed E-state index contributed by atoms with van der Waals surface area (Å²) in [7, 11) is 0. The number of para-hydroxylation sites is 4. The molecule has 8 aromatic carbocycles. The molecule has 4 aromatic heterocycles. The molecule has 0 aliphatic carbocycles. The molecule has 4 heterocycles. The fraction of sp³-hybridized carbons (Fsp3) is 0. The molecule has 0 saturated heterocycles. The van der Waals surface area contributed by atoms with Gasteiger partial charge in [-0.2, -0.15) is 9.97 Å². The third-order valence-electron chi connectivity index (χ3n) is 11.2. The van der Waals surface area contributed by atoms with Crippen LogP contribution in [-0.2, 0) is 0 Å². The van der Waals surface area contributed by atoms with E-state index in [-0.39, 0.29) is 0 Å². The van der Waals surface area contributed by atoms with Crippen LogP contribution in [0.1, 0.15) is 0 Å². The van der Waals surface area contributed by atoms with Gasteiger partial charge < -0.3 is 8.98 Å². The Hall–Kier alpha value is -7.83. The lowest BCUT2D eigenvalue weighted by Gasteiger charge is -2.12. The van der Waals surface area contributed by atoms with Crippen LogP contribution in [0.4, 0.5) is 0 Å². The number of hydrogen-bond donors (Lipinski definition) is 0. The van der Waals surface area contributed by atoms with E-state index in [9.17, 15) is 0 Å². The standard InChI is InChI=1S/C51H31N5O/c1-3-15-33(16-4-1)49-52-50(34-17-5-2-6-18-34)54-51(53-49)56-44-25-13-9-22-39(44)46-40(31-41-38-21-10-14-26-45(38)57-48(41)47(46)56)32-27-29-35(30-28-32)55-42-23-11-7-19-36(42)37-20-8-12-24-43(37)55/h1-31H. The summed E-state index contributed by atoms with van der Waals surface area (Å²) in [6, 6.07) is 65.5. The first kappa shape index (κ1) is 31.5. The highest BCUT2D eigenvalue weighted by atomic mass is 16.3. The second-order valence-corrected chi connectivity index (χ2v) is 14.4. The number of furan rings is 1. The zero-order chi connectivity index (χ0) is 37.5. The molecule has 0 radical (unpaired) electrons. The lowest BCUT2D eigenvalue weighted by molar-refractivity contribution is 0.670. The summed E-state index contributed by atoms with van der Waals surface area (Å²) < 4.78 is 11.4. The number of benzene rings is 8. The van der Waals surface area contributed by atoms with Crippen molar-refractivity contribution < 1.29 is 4.42 Å². The summed E-state index contributed by atoms with van der Waals surface area (Å²) in [6.45, 7) is 0. The molecule has 0 fully saturated rings. The van der Waals surface area contributed by atoms with Gasteiger partial charge in [-0.05, 0) is 53.6 Å². The van der Waals surface area contributed by atoms with Gasteiger partial charge in [0.1, 0.15) is 11.1 Å². The predicted molar refractivity (Wildman–Crippen MR) is 232 cm³/mol. The lowest BCUT2D eigenvalue weighted by Crippen LogP contribution is -2.06. The van der Waals surface area contributed by atoms with Crippen LogP contribution in [0.2, 0.25) is 0 Å². The molecule has 0 amide bonds. The van der Waals surface area contributed by atoms with Crippen LogP contribution in [0.5, 0.6) is 0 Å². The zero-order valence-corrected chi connectivity index (χ0v) is 30.5. The minimum absolute atomic E-state index is 0.523. The first-order valence-corrected chi connectivity index (χ1v) is 19.1. The molecule has 6 nitrogen and oxygen atoms in total.